The van der Waals surface area contributed by atoms with E-state index < -0.39 is 0 Å². The lowest BCUT2D eigenvalue weighted by Gasteiger charge is -2.23. The Morgan fingerprint density at radius 1 is 0.581 bits per heavy atom. The summed E-state index contributed by atoms with van der Waals surface area (Å²) in [6.07, 6.45) is 3.46. The average molecular weight is 404 g/mol. The molecule has 5 aliphatic carbocycles. The van der Waals surface area contributed by atoms with Gasteiger partial charge in [-0.3, -0.25) is 9.59 Å². The van der Waals surface area contributed by atoms with E-state index in [1.54, 1.807) is 18.2 Å². The molecule has 4 bridgehead atoms. The number of rotatable bonds is 0. The van der Waals surface area contributed by atoms with Crippen LogP contribution in [0.15, 0.2) is 66.7 Å². The number of fused-ring (bicyclic) bond motifs is 2. The molecule has 0 aromatic heterocycles. The third-order valence-electron chi connectivity index (χ3n) is 6.73. The Balaban J connectivity index is 1.63. The van der Waals surface area contributed by atoms with Gasteiger partial charge in [-0.25, -0.2) is 0 Å². The van der Waals surface area contributed by atoms with Gasteiger partial charge >= 0.3 is 0 Å². The number of hydrogen-bond donors (Lipinski definition) is 1. The van der Waals surface area contributed by atoms with Crippen LogP contribution in [0.2, 0.25) is 0 Å². The zero-order chi connectivity index (χ0) is 21.1. The maximum Gasteiger partial charge on any atom is 0.198 e. The summed E-state index contributed by atoms with van der Waals surface area (Å²) < 4.78 is 0. The molecule has 0 amide bonds. The molecule has 0 spiro atoms. The molecule has 1 N–H and O–H groups in total. The molecule has 4 aromatic rings. The van der Waals surface area contributed by atoms with Gasteiger partial charge in [0.05, 0.1) is 5.56 Å². The number of carbonyl (C=O) groups excluding carboxylic acids is 2. The minimum Gasteiger partial charge on any atom is -0.507 e. The van der Waals surface area contributed by atoms with Crippen molar-refractivity contribution in [2.75, 3.05) is 0 Å². The van der Waals surface area contributed by atoms with Crippen molar-refractivity contribution in [1.29, 1.82) is 0 Å². The molecule has 0 saturated heterocycles. The van der Waals surface area contributed by atoms with Crippen molar-refractivity contribution in [3.05, 3.63) is 111 Å². The molecule has 0 radical (unpaired) electrons. The average Bonchev–Trinajstić information content (AvgIpc) is 2.78. The fourth-order valence-corrected chi connectivity index (χ4v) is 5.10. The number of ketones is 2. The van der Waals surface area contributed by atoms with Crippen LogP contribution in [0.25, 0.3) is 10.8 Å². The normalized spacial score (nSPS) is 14.8. The highest BCUT2D eigenvalue weighted by atomic mass is 16.3. The van der Waals surface area contributed by atoms with Crippen molar-refractivity contribution in [3.63, 3.8) is 0 Å². The summed E-state index contributed by atoms with van der Waals surface area (Å²) in [6, 6.07) is 21.6. The molecular weight excluding hydrogens is 384 g/mol. The molecule has 4 aromatic carbocycles. The van der Waals surface area contributed by atoms with Crippen LogP contribution in [0, 0.1) is 0 Å². The quantitative estimate of drug-likeness (QED) is 0.386. The molecule has 0 unspecified atom stereocenters. The summed E-state index contributed by atoms with van der Waals surface area (Å²) in [5.74, 6) is -0.599. The van der Waals surface area contributed by atoms with Crippen molar-refractivity contribution >= 4 is 22.3 Å². The van der Waals surface area contributed by atoms with E-state index in [0.29, 0.717) is 11.1 Å². The molecule has 31 heavy (non-hydrogen) atoms. The maximum absolute atomic E-state index is 13.6. The predicted octanol–water partition coefficient (Wildman–Crippen LogP) is 5.20. The van der Waals surface area contributed by atoms with Gasteiger partial charge in [-0.1, -0.05) is 54.6 Å². The van der Waals surface area contributed by atoms with E-state index in [-0.39, 0.29) is 28.4 Å². The van der Waals surface area contributed by atoms with Crippen molar-refractivity contribution in [3.8, 4) is 5.75 Å². The van der Waals surface area contributed by atoms with E-state index in [1.165, 1.54) is 22.8 Å². The lowest BCUT2D eigenvalue weighted by molar-refractivity contribution is 0.0978. The zero-order valence-electron chi connectivity index (χ0n) is 16.9. The standard InChI is InChI=1S/C28H20O3/c29-23-3-1-2-21-25(23)27(30)22-15-14-20-18-10-8-16-4-6-17(7-5-16)9-11-19(13-12-18)24(20)26(22)28(21)31/h1-7,12-15,29H,8-11H2. The summed E-state index contributed by atoms with van der Waals surface area (Å²) in [5.41, 5.74) is 6.13. The van der Waals surface area contributed by atoms with E-state index in [2.05, 4.69) is 36.4 Å². The molecule has 0 fully saturated rings. The third kappa shape index (κ3) is 2.66. The Hall–Kier alpha value is -3.72. The van der Waals surface area contributed by atoms with Gasteiger partial charge in [-0.2, -0.15) is 0 Å². The van der Waals surface area contributed by atoms with Crippen LogP contribution in [-0.4, -0.2) is 16.7 Å². The van der Waals surface area contributed by atoms with Gasteiger partial charge in [0.2, 0.25) is 0 Å². The summed E-state index contributed by atoms with van der Waals surface area (Å²) >= 11 is 0. The molecule has 3 heteroatoms. The first-order chi connectivity index (χ1) is 15.1. The molecule has 0 atom stereocenters. The van der Waals surface area contributed by atoms with Gasteiger partial charge in [-0.15, -0.1) is 0 Å². The van der Waals surface area contributed by atoms with Crippen molar-refractivity contribution in [2.24, 2.45) is 0 Å². The molecule has 0 heterocycles. The second-order valence-electron chi connectivity index (χ2n) is 8.47. The lowest BCUT2D eigenvalue weighted by atomic mass is 9.78. The molecule has 5 aliphatic rings. The van der Waals surface area contributed by atoms with Crippen LogP contribution in [0.4, 0.5) is 0 Å². The van der Waals surface area contributed by atoms with Crippen LogP contribution in [-0.2, 0) is 25.7 Å². The molecular formula is C28H20O3. The number of phenolic OH excluding ortho intramolecular Hbond substituents is 1. The van der Waals surface area contributed by atoms with Crippen molar-refractivity contribution in [2.45, 2.75) is 25.7 Å². The minimum absolute atomic E-state index is 0.117. The second-order valence-corrected chi connectivity index (χ2v) is 8.47. The molecule has 0 saturated carbocycles. The van der Waals surface area contributed by atoms with E-state index in [9.17, 15) is 14.7 Å². The Morgan fingerprint density at radius 2 is 1.19 bits per heavy atom. The number of phenols is 1. The fourth-order valence-electron chi connectivity index (χ4n) is 5.10. The number of aryl methyl sites for hydroxylation is 4. The Bertz CT molecular complexity index is 1410. The van der Waals surface area contributed by atoms with Gasteiger partial charge in [0.1, 0.15) is 5.75 Å². The maximum atomic E-state index is 13.6. The number of aromatic hydroxyl groups is 1. The number of carbonyl (C=O) groups is 2. The number of hydrogen-bond acceptors (Lipinski definition) is 3. The van der Waals surface area contributed by atoms with Crippen molar-refractivity contribution in [1.82, 2.24) is 0 Å². The molecule has 150 valence electrons. The first-order valence-electron chi connectivity index (χ1n) is 10.7. The van der Waals surface area contributed by atoms with E-state index in [4.69, 9.17) is 0 Å². The number of benzene rings is 4. The van der Waals surface area contributed by atoms with Crippen LogP contribution in [0.3, 0.4) is 0 Å². The van der Waals surface area contributed by atoms with Crippen LogP contribution in [0.1, 0.15) is 54.1 Å². The van der Waals surface area contributed by atoms with Gasteiger partial charge in [0, 0.05) is 16.7 Å². The van der Waals surface area contributed by atoms with Crippen LogP contribution >= 0.6 is 0 Å². The fraction of sp³-hybridized carbons (Fsp3) is 0.143. The highest BCUT2D eigenvalue weighted by molar-refractivity contribution is 6.33. The zero-order valence-corrected chi connectivity index (χ0v) is 16.9. The van der Waals surface area contributed by atoms with Gasteiger partial charge in [0.25, 0.3) is 0 Å². The summed E-state index contributed by atoms with van der Waals surface area (Å²) in [7, 11) is 0. The predicted molar refractivity (Wildman–Crippen MR) is 120 cm³/mol. The van der Waals surface area contributed by atoms with Crippen LogP contribution in [0.5, 0.6) is 5.75 Å². The Kier molecular flexibility index (Phi) is 3.87. The largest absolute Gasteiger partial charge is 0.507 e. The first kappa shape index (κ1) is 18.1. The monoisotopic (exact) mass is 404 g/mol. The third-order valence-corrected chi connectivity index (χ3v) is 6.73. The van der Waals surface area contributed by atoms with Gasteiger partial charge in [0.15, 0.2) is 11.6 Å². The topological polar surface area (TPSA) is 54.4 Å². The second kappa shape index (κ2) is 6.64. The van der Waals surface area contributed by atoms with Crippen LogP contribution < -0.4 is 0 Å². The molecule has 9 rings (SSSR count). The SMILES string of the molecule is O=C1c2ccc3c4ccc(c3c2C(=O)c2cccc(O)c21)CCc1ccc(cc1)CC4. The summed E-state index contributed by atoms with van der Waals surface area (Å²) in [5, 5.41) is 12.2. The minimum atomic E-state index is -0.281. The summed E-state index contributed by atoms with van der Waals surface area (Å²) in [6.45, 7) is 0. The van der Waals surface area contributed by atoms with E-state index in [0.717, 1.165) is 42.0 Å². The molecule has 0 aliphatic heterocycles. The molecule has 3 nitrogen and oxygen atoms in total. The highest BCUT2D eigenvalue weighted by Gasteiger charge is 2.34. The van der Waals surface area contributed by atoms with Gasteiger partial charge in [-0.05, 0) is 70.8 Å². The van der Waals surface area contributed by atoms with Crippen molar-refractivity contribution < 1.29 is 14.7 Å². The smallest absolute Gasteiger partial charge is 0.198 e. The Labute approximate surface area is 180 Å². The highest BCUT2D eigenvalue weighted by Crippen LogP contribution is 2.38. The summed E-state index contributed by atoms with van der Waals surface area (Å²) in [4.78, 5) is 26.9. The lowest BCUT2D eigenvalue weighted by Crippen LogP contribution is -2.22. The van der Waals surface area contributed by atoms with E-state index >= 15 is 0 Å². The van der Waals surface area contributed by atoms with Gasteiger partial charge < -0.3 is 5.11 Å². The first-order valence-corrected chi connectivity index (χ1v) is 10.7. The Morgan fingerprint density at radius 3 is 1.94 bits per heavy atom. The van der Waals surface area contributed by atoms with E-state index in [1.807, 2.05) is 6.07 Å².